The van der Waals surface area contributed by atoms with Crippen LogP contribution in [0.4, 0.5) is 5.69 Å². The highest BCUT2D eigenvalue weighted by Crippen LogP contribution is 2.30. The van der Waals surface area contributed by atoms with Gasteiger partial charge in [0.25, 0.3) is 0 Å². The van der Waals surface area contributed by atoms with Crippen molar-refractivity contribution >= 4 is 16.5 Å². The van der Waals surface area contributed by atoms with Crippen LogP contribution in [0.3, 0.4) is 0 Å². The Kier molecular flexibility index (Phi) is 3.75. The maximum Gasteiger partial charge on any atom is 0.182 e. The molecule has 0 unspecified atom stereocenters. The van der Waals surface area contributed by atoms with Gasteiger partial charge in [0.1, 0.15) is 0 Å². The number of benzene rings is 1. The number of tetrazole rings is 1. The van der Waals surface area contributed by atoms with Crippen LogP contribution < -0.4 is 5.73 Å². The van der Waals surface area contributed by atoms with Crippen LogP contribution in [-0.2, 0) is 10.8 Å². The summed E-state index contributed by atoms with van der Waals surface area (Å²) in [5.74, 6) is 2.19. The van der Waals surface area contributed by atoms with Crippen LogP contribution in [0, 0.1) is 13.8 Å². The average Bonchev–Trinajstić information content (AvgIpc) is 2.93. The van der Waals surface area contributed by atoms with E-state index in [4.69, 9.17) is 5.73 Å². The molecule has 0 aliphatic carbocycles. The highest BCUT2D eigenvalue weighted by atomic mass is 32.2. The molecule has 1 saturated heterocycles. The summed E-state index contributed by atoms with van der Waals surface area (Å²) in [6.45, 7) is 4.03. The monoisotopic (exact) mass is 305 g/mol. The van der Waals surface area contributed by atoms with E-state index in [2.05, 4.69) is 21.6 Å². The van der Waals surface area contributed by atoms with Crippen molar-refractivity contribution in [2.75, 3.05) is 17.2 Å². The summed E-state index contributed by atoms with van der Waals surface area (Å²) in [6, 6.07) is 4.21. The molecule has 0 amide bonds. The van der Waals surface area contributed by atoms with E-state index in [1.54, 1.807) is 0 Å². The Hall–Kier alpha value is -1.76. The standard InChI is InChI=1S/C14H19N5OS/c1-9-7-10(2)13(15)8-12(9)14-16-17-18-19(14)11-3-5-21(20)6-4-11/h7-8,11H,3-6,15H2,1-2H3. The maximum atomic E-state index is 11.5. The van der Waals surface area contributed by atoms with Gasteiger partial charge in [0.2, 0.25) is 0 Å². The van der Waals surface area contributed by atoms with Gasteiger partial charge in [-0.25, -0.2) is 4.68 Å². The number of aromatic nitrogens is 4. The number of rotatable bonds is 2. The Balaban J connectivity index is 1.99. The van der Waals surface area contributed by atoms with Crippen LogP contribution in [0.15, 0.2) is 12.1 Å². The van der Waals surface area contributed by atoms with Gasteiger partial charge in [-0.05, 0) is 54.3 Å². The second-order valence-electron chi connectivity index (χ2n) is 5.55. The zero-order chi connectivity index (χ0) is 15.0. The second-order valence-corrected chi connectivity index (χ2v) is 7.25. The first-order valence-electron chi connectivity index (χ1n) is 7.06. The molecule has 1 aromatic heterocycles. The first-order valence-corrected chi connectivity index (χ1v) is 8.55. The van der Waals surface area contributed by atoms with E-state index in [1.165, 1.54) is 0 Å². The van der Waals surface area contributed by atoms with Gasteiger partial charge in [0, 0.05) is 33.6 Å². The smallest absolute Gasteiger partial charge is 0.182 e. The average molecular weight is 305 g/mol. The van der Waals surface area contributed by atoms with E-state index >= 15 is 0 Å². The summed E-state index contributed by atoms with van der Waals surface area (Å²) in [7, 11) is -0.687. The van der Waals surface area contributed by atoms with Crippen LogP contribution in [0.25, 0.3) is 11.4 Å². The Bertz CT molecular complexity index is 687. The van der Waals surface area contributed by atoms with Gasteiger partial charge in [-0.3, -0.25) is 4.21 Å². The molecule has 0 bridgehead atoms. The number of nitrogens with two attached hydrogens (primary N) is 1. The van der Waals surface area contributed by atoms with Gasteiger partial charge in [0.05, 0.1) is 6.04 Å². The molecule has 2 aromatic rings. The number of nitrogen functional groups attached to an aromatic ring is 1. The summed E-state index contributed by atoms with van der Waals surface area (Å²) < 4.78 is 13.4. The number of nitrogens with zero attached hydrogens (tertiary/aromatic N) is 4. The van der Waals surface area contributed by atoms with E-state index in [-0.39, 0.29) is 6.04 Å². The summed E-state index contributed by atoms with van der Waals surface area (Å²) in [4.78, 5) is 0. The largest absolute Gasteiger partial charge is 0.398 e. The Morgan fingerprint density at radius 2 is 1.95 bits per heavy atom. The van der Waals surface area contributed by atoms with Crippen molar-refractivity contribution in [3.05, 3.63) is 23.3 Å². The fourth-order valence-corrected chi connectivity index (χ4v) is 4.03. The van der Waals surface area contributed by atoms with Crippen molar-refractivity contribution < 1.29 is 4.21 Å². The molecule has 112 valence electrons. The van der Waals surface area contributed by atoms with Crippen LogP contribution >= 0.6 is 0 Å². The normalized spacial score (nSPS) is 22.4. The minimum absolute atomic E-state index is 0.217. The number of hydrogen-bond acceptors (Lipinski definition) is 5. The molecule has 0 atom stereocenters. The summed E-state index contributed by atoms with van der Waals surface area (Å²) in [6.07, 6.45) is 1.70. The van der Waals surface area contributed by atoms with Gasteiger partial charge < -0.3 is 5.73 Å². The van der Waals surface area contributed by atoms with E-state index in [1.807, 2.05) is 24.6 Å². The summed E-state index contributed by atoms with van der Waals surface area (Å²) in [5.41, 5.74) is 9.90. The SMILES string of the molecule is Cc1cc(C)c(-c2nnnn2C2CCS(=O)CC2)cc1N. The van der Waals surface area contributed by atoms with Gasteiger partial charge in [-0.1, -0.05) is 6.07 Å². The van der Waals surface area contributed by atoms with Crippen LogP contribution in [0.2, 0.25) is 0 Å². The first kappa shape index (κ1) is 14.2. The van der Waals surface area contributed by atoms with Crippen molar-refractivity contribution in [3.63, 3.8) is 0 Å². The molecule has 6 nitrogen and oxygen atoms in total. The lowest BCUT2D eigenvalue weighted by Gasteiger charge is -2.22. The molecule has 1 fully saturated rings. The van der Waals surface area contributed by atoms with Crippen LogP contribution in [0.5, 0.6) is 0 Å². The molecule has 7 heteroatoms. The molecule has 1 aromatic carbocycles. The lowest BCUT2D eigenvalue weighted by molar-refractivity contribution is 0.415. The van der Waals surface area contributed by atoms with Crippen molar-refractivity contribution in [2.45, 2.75) is 32.7 Å². The van der Waals surface area contributed by atoms with Gasteiger partial charge in [0.15, 0.2) is 5.82 Å². The topological polar surface area (TPSA) is 86.7 Å². The Morgan fingerprint density at radius 3 is 2.67 bits per heavy atom. The highest BCUT2D eigenvalue weighted by Gasteiger charge is 2.24. The lowest BCUT2D eigenvalue weighted by atomic mass is 10.0. The number of aryl methyl sites for hydroxylation is 2. The predicted molar refractivity (Wildman–Crippen MR) is 83.3 cm³/mol. The third-order valence-electron chi connectivity index (χ3n) is 4.05. The lowest BCUT2D eigenvalue weighted by Crippen LogP contribution is -2.23. The van der Waals surface area contributed by atoms with Gasteiger partial charge in [-0.2, -0.15) is 0 Å². The molecular formula is C14H19N5OS. The van der Waals surface area contributed by atoms with Gasteiger partial charge in [-0.15, -0.1) is 5.10 Å². The van der Waals surface area contributed by atoms with Crippen molar-refractivity contribution in [2.24, 2.45) is 0 Å². The Morgan fingerprint density at radius 1 is 1.24 bits per heavy atom. The third kappa shape index (κ3) is 2.70. The minimum Gasteiger partial charge on any atom is -0.398 e. The quantitative estimate of drug-likeness (QED) is 0.852. The zero-order valence-electron chi connectivity index (χ0n) is 12.2. The maximum absolute atomic E-state index is 11.5. The highest BCUT2D eigenvalue weighted by molar-refractivity contribution is 7.85. The minimum atomic E-state index is -0.687. The molecule has 21 heavy (non-hydrogen) atoms. The fraction of sp³-hybridized carbons (Fsp3) is 0.500. The molecule has 1 aliphatic rings. The van der Waals surface area contributed by atoms with Crippen molar-refractivity contribution in [1.29, 1.82) is 0 Å². The van der Waals surface area contributed by atoms with E-state index < -0.39 is 10.8 Å². The van der Waals surface area contributed by atoms with Gasteiger partial charge >= 0.3 is 0 Å². The summed E-state index contributed by atoms with van der Waals surface area (Å²) >= 11 is 0. The van der Waals surface area contributed by atoms with E-state index in [0.29, 0.717) is 0 Å². The molecule has 1 aliphatic heterocycles. The van der Waals surface area contributed by atoms with Crippen LogP contribution in [0.1, 0.15) is 30.0 Å². The number of hydrogen-bond donors (Lipinski definition) is 1. The molecule has 2 heterocycles. The first-order chi connectivity index (χ1) is 10.1. The van der Waals surface area contributed by atoms with Crippen molar-refractivity contribution in [1.82, 2.24) is 20.2 Å². The molecule has 0 radical (unpaired) electrons. The second kappa shape index (κ2) is 5.55. The third-order valence-corrected chi connectivity index (χ3v) is 5.43. The predicted octanol–water partition coefficient (Wildman–Crippen LogP) is 1.62. The van der Waals surface area contributed by atoms with Crippen LogP contribution in [-0.4, -0.2) is 35.9 Å². The van der Waals surface area contributed by atoms with E-state index in [9.17, 15) is 4.21 Å². The molecule has 2 N–H and O–H groups in total. The fourth-order valence-electron chi connectivity index (χ4n) is 2.75. The van der Waals surface area contributed by atoms with E-state index in [0.717, 1.165) is 52.5 Å². The molecular weight excluding hydrogens is 286 g/mol. The molecule has 0 saturated carbocycles. The molecule has 0 spiro atoms. The summed E-state index contributed by atoms with van der Waals surface area (Å²) in [5, 5.41) is 12.2. The zero-order valence-corrected chi connectivity index (χ0v) is 13.1. The molecule has 3 rings (SSSR count). The van der Waals surface area contributed by atoms with Crippen molar-refractivity contribution in [3.8, 4) is 11.4 Å². The Labute approximate surface area is 126 Å². The number of anilines is 1.